The molecule has 1 amide bonds. The lowest BCUT2D eigenvalue weighted by molar-refractivity contribution is -0.231. The van der Waals surface area contributed by atoms with Gasteiger partial charge in [-0.1, -0.05) is 18.6 Å². The van der Waals surface area contributed by atoms with Gasteiger partial charge in [0.05, 0.1) is 6.10 Å². The number of hydrogen-bond acceptors (Lipinski definition) is 4. The highest BCUT2D eigenvalue weighted by atomic mass is 127. The standard InChI is InChI=1S/C16H24INO4/c1-16(2,21-3)22-18-15(20)7-5-4-6-14(19)12-8-10-13(17)11-9-12/h8-11,14,19H,4-7H2,1-3H3,(H,18,20). The Morgan fingerprint density at radius 2 is 1.95 bits per heavy atom. The molecule has 0 spiro atoms. The molecule has 1 aromatic rings. The van der Waals surface area contributed by atoms with Crippen molar-refractivity contribution in [2.75, 3.05) is 7.11 Å². The van der Waals surface area contributed by atoms with E-state index in [1.807, 2.05) is 24.3 Å². The van der Waals surface area contributed by atoms with Crippen molar-refractivity contribution in [3.63, 3.8) is 0 Å². The van der Waals surface area contributed by atoms with Crippen LogP contribution in [0.1, 0.15) is 51.2 Å². The number of methoxy groups -OCH3 is 1. The second-order valence-corrected chi connectivity index (χ2v) is 6.79. The molecule has 0 aromatic heterocycles. The summed E-state index contributed by atoms with van der Waals surface area (Å²) in [5.41, 5.74) is 3.28. The zero-order valence-electron chi connectivity index (χ0n) is 13.3. The molecule has 2 N–H and O–H groups in total. The van der Waals surface area contributed by atoms with Crippen LogP contribution in [-0.2, 0) is 14.4 Å². The van der Waals surface area contributed by atoms with Crippen LogP contribution in [0.4, 0.5) is 0 Å². The van der Waals surface area contributed by atoms with Gasteiger partial charge >= 0.3 is 0 Å². The number of aliphatic hydroxyl groups is 1. The normalized spacial score (nSPS) is 13.0. The van der Waals surface area contributed by atoms with Crippen molar-refractivity contribution in [2.45, 2.75) is 51.4 Å². The minimum absolute atomic E-state index is 0.186. The zero-order chi connectivity index (χ0) is 16.6. The maximum atomic E-state index is 11.6. The minimum atomic E-state index is -0.837. The van der Waals surface area contributed by atoms with Crippen LogP contribution in [0, 0.1) is 3.57 Å². The fraction of sp³-hybridized carbons (Fsp3) is 0.562. The minimum Gasteiger partial charge on any atom is -0.388 e. The number of unbranched alkanes of at least 4 members (excludes halogenated alkanes) is 1. The molecule has 1 rings (SSSR count). The van der Waals surface area contributed by atoms with Gasteiger partial charge in [0.2, 0.25) is 5.91 Å². The van der Waals surface area contributed by atoms with E-state index in [1.54, 1.807) is 13.8 Å². The van der Waals surface area contributed by atoms with E-state index in [2.05, 4.69) is 28.1 Å². The molecule has 0 aliphatic rings. The zero-order valence-corrected chi connectivity index (χ0v) is 15.4. The lowest BCUT2D eigenvalue weighted by atomic mass is 10.0. The summed E-state index contributed by atoms with van der Waals surface area (Å²) in [6.45, 7) is 3.43. The fourth-order valence-corrected chi connectivity index (χ4v) is 2.11. The number of nitrogens with one attached hydrogen (secondary N) is 1. The lowest BCUT2D eigenvalue weighted by Crippen LogP contribution is -2.37. The van der Waals surface area contributed by atoms with E-state index in [-0.39, 0.29) is 5.91 Å². The molecule has 0 radical (unpaired) electrons. The van der Waals surface area contributed by atoms with Crippen LogP contribution >= 0.6 is 22.6 Å². The third-order valence-electron chi connectivity index (χ3n) is 3.29. The SMILES string of the molecule is COC(C)(C)ONC(=O)CCCCC(O)c1ccc(I)cc1. The molecule has 0 heterocycles. The Labute approximate surface area is 145 Å². The van der Waals surface area contributed by atoms with Gasteiger partial charge in [-0.15, -0.1) is 0 Å². The summed E-state index contributed by atoms with van der Waals surface area (Å²) in [6, 6.07) is 7.81. The number of carbonyl (C=O) groups is 1. The number of aliphatic hydroxyl groups excluding tert-OH is 1. The third-order valence-corrected chi connectivity index (χ3v) is 4.01. The maximum Gasteiger partial charge on any atom is 0.243 e. The van der Waals surface area contributed by atoms with Gasteiger partial charge in [0, 0.05) is 17.1 Å². The topological polar surface area (TPSA) is 67.8 Å². The number of benzene rings is 1. The first-order valence-corrected chi connectivity index (χ1v) is 8.37. The number of amides is 1. The molecular formula is C16H24INO4. The predicted molar refractivity (Wildman–Crippen MR) is 92.9 cm³/mol. The summed E-state index contributed by atoms with van der Waals surface area (Å²) in [5, 5.41) is 10.1. The highest BCUT2D eigenvalue weighted by molar-refractivity contribution is 14.1. The molecule has 0 aliphatic heterocycles. The van der Waals surface area contributed by atoms with Gasteiger partial charge in [0.1, 0.15) is 0 Å². The average molecular weight is 421 g/mol. The molecular weight excluding hydrogens is 397 g/mol. The van der Waals surface area contributed by atoms with E-state index in [0.717, 1.165) is 15.6 Å². The van der Waals surface area contributed by atoms with Crippen molar-refractivity contribution in [1.29, 1.82) is 0 Å². The van der Waals surface area contributed by atoms with E-state index in [0.29, 0.717) is 19.3 Å². The molecule has 0 saturated carbocycles. The Morgan fingerprint density at radius 1 is 1.32 bits per heavy atom. The lowest BCUT2D eigenvalue weighted by Gasteiger charge is -2.22. The summed E-state index contributed by atoms with van der Waals surface area (Å²) in [7, 11) is 1.51. The Balaban J connectivity index is 2.19. The number of hydroxylamine groups is 1. The first-order valence-electron chi connectivity index (χ1n) is 7.29. The summed E-state index contributed by atoms with van der Waals surface area (Å²) in [4.78, 5) is 16.7. The number of ether oxygens (including phenoxy) is 1. The summed E-state index contributed by atoms with van der Waals surface area (Å²) in [5.74, 6) is -1.02. The molecule has 5 nitrogen and oxygen atoms in total. The molecule has 6 heteroatoms. The van der Waals surface area contributed by atoms with Crippen molar-refractivity contribution in [1.82, 2.24) is 5.48 Å². The Kier molecular flexibility index (Phi) is 8.30. The molecule has 0 saturated heterocycles. The Bertz CT molecular complexity index is 462. The van der Waals surface area contributed by atoms with E-state index in [1.165, 1.54) is 7.11 Å². The molecule has 0 aliphatic carbocycles. The number of hydrogen-bond donors (Lipinski definition) is 2. The molecule has 1 unspecified atom stereocenters. The average Bonchev–Trinajstić information content (AvgIpc) is 2.50. The van der Waals surface area contributed by atoms with Crippen molar-refractivity contribution in [2.24, 2.45) is 0 Å². The van der Waals surface area contributed by atoms with Crippen LogP contribution in [0.2, 0.25) is 0 Å². The van der Waals surface area contributed by atoms with Gasteiger partial charge in [-0.3, -0.25) is 4.79 Å². The molecule has 1 atom stereocenters. The first-order chi connectivity index (χ1) is 10.3. The number of halogens is 1. The van der Waals surface area contributed by atoms with Gasteiger partial charge < -0.3 is 9.84 Å². The highest BCUT2D eigenvalue weighted by Gasteiger charge is 2.18. The van der Waals surface area contributed by atoms with Gasteiger partial charge in [0.15, 0.2) is 5.79 Å². The summed E-state index contributed by atoms with van der Waals surface area (Å²) >= 11 is 2.23. The van der Waals surface area contributed by atoms with Crippen LogP contribution in [0.5, 0.6) is 0 Å². The predicted octanol–water partition coefficient (Wildman–Crippen LogP) is 3.32. The first kappa shape index (κ1) is 19.3. The smallest absolute Gasteiger partial charge is 0.243 e. The van der Waals surface area contributed by atoms with Crippen LogP contribution < -0.4 is 5.48 Å². The Hall–Kier alpha value is -0.700. The van der Waals surface area contributed by atoms with E-state index in [4.69, 9.17) is 9.57 Å². The molecule has 124 valence electrons. The van der Waals surface area contributed by atoms with Crippen molar-refractivity contribution in [3.05, 3.63) is 33.4 Å². The number of carbonyl (C=O) groups excluding carboxylic acids is 1. The number of rotatable bonds is 9. The summed E-state index contributed by atoms with van der Waals surface area (Å²) in [6.07, 6.45) is 1.99. The van der Waals surface area contributed by atoms with Crippen LogP contribution in [0.15, 0.2) is 24.3 Å². The molecule has 22 heavy (non-hydrogen) atoms. The summed E-state index contributed by atoms with van der Waals surface area (Å²) < 4.78 is 6.17. The maximum absolute atomic E-state index is 11.6. The van der Waals surface area contributed by atoms with Gasteiger partial charge in [-0.05, 0) is 67.0 Å². The molecule has 0 bridgehead atoms. The van der Waals surface area contributed by atoms with E-state index in [9.17, 15) is 9.90 Å². The van der Waals surface area contributed by atoms with Crippen molar-refractivity contribution in [3.8, 4) is 0 Å². The monoisotopic (exact) mass is 421 g/mol. The van der Waals surface area contributed by atoms with Gasteiger partial charge in [-0.2, -0.15) is 0 Å². The second kappa shape index (κ2) is 9.44. The van der Waals surface area contributed by atoms with E-state index >= 15 is 0 Å². The quantitative estimate of drug-likeness (QED) is 0.278. The van der Waals surface area contributed by atoms with Crippen molar-refractivity contribution >= 4 is 28.5 Å². The van der Waals surface area contributed by atoms with Crippen LogP contribution in [0.25, 0.3) is 0 Å². The largest absolute Gasteiger partial charge is 0.388 e. The van der Waals surface area contributed by atoms with Crippen LogP contribution in [0.3, 0.4) is 0 Å². The second-order valence-electron chi connectivity index (χ2n) is 5.54. The van der Waals surface area contributed by atoms with Crippen LogP contribution in [-0.4, -0.2) is 23.9 Å². The fourth-order valence-electron chi connectivity index (χ4n) is 1.75. The van der Waals surface area contributed by atoms with Crippen molar-refractivity contribution < 1.29 is 19.5 Å². The molecule has 0 fully saturated rings. The third kappa shape index (κ3) is 7.53. The Morgan fingerprint density at radius 3 is 2.55 bits per heavy atom. The van der Waals surface area contributed by atoms with Gasteiger partial charge in [0.25, 0.3) is 0 Å². The van der Waals surface area contributed by atoms with E-state index < -0.39 is 11.9 Å². The van der Waals surface area contributed by atoms with Gasteiger partial charge in [-0.25, -0.2) is 10.3 Å². The highest BCUT2D eigenvalue weighted by Crippen LogP contribution is 2.20. The molecule has 1 aromatic carbocycles.